The van der Waals surface area contributed by atoms with Crippen LogP contribution in [0.25, 0.3) is 134 Å². The summed E-state index contributed by atoms with van der Waals surface area (Å²) < 4.78 is 37.1. The van der Waals surface area contributed by atoms with Crippen molar-refractivity contribution in [1.29, 1.82) is 0 Å². The van der Waals surface area contributed by atoms with E-state index < -0.39 is 14.3 Å². The minimum absolute atomic E-state index is 0.462. The van der Waals surface area contributed by atoms with Gasteiger partial charge in [0.15, 0.2) is 31.8 Å². The molecule has 0 amide bonds. The molecule has 0 saturated carbocycles. The van der Waals surface area contributed by atoms with Gasteiger partial charge in [-0.25, -0.2) is 15.0 Å². The van der Waals surface area contributed by atoms with E-state index in [1.807, 2.05) is 243 Å². The number of aromatic nitrogens is 6. The highest BCUT2D eigenvalue weighted by Crippen LogP contribution is 2.49. The largest absolute Gasteiger partial charge is 0.456 e. The first-order chi connectivity index (χ1) is 61.7. The highest BCUT2D eigenvalue weighted by atomic mass is 31.2. The zero-order chi connectivity index (χ0) is 84.4. The summed E-state index contributed by atoms with van der Waals surface area (Å²) in [6, 6.07) is 155. The Morgan fingerprint density at radius 2 is 0.360 bits per heavy atom. The number of pyridine rings is 3. The molecule has 0 aliphatic heterocycles. The van der Waals surface area contributed by atoms with Crippen LogP contribution in [0.15, 0.2) is 498 Å². The van der Waals surface area contributed by atoms with E-state index in [1.165, 1.54) is 0 Å². The molecule has 20 rings (SSSR count). The molecule has 0 radical (unpaired) electrons. The molecule has 11 heteroatoms. The van der Waals surface area contributed by atoms with E-state index in [4.69, 9.17) is 19.7 Å². The topological polar surface area (TPSA) is 121 Å². The minimum atomic E-state index is -3.32. The summed E-state index contributed by atoms with van der Waals surface area (Å²) in [6.07, 6.45) is 11.2. The lowest BCUT2D eigenvalue weighted by Crippen LogP contribution is -2.27. The van der Waals surface area contributed by atoms with Gasteiger partial charge in [0.05, 0.1) is 10.6 Å². The standard InChI is InChI=1S/2C39H27N3.C36H28O3P2/c1-7-28(34-13-4-16-40-25-34)19-31(10-1)37-22-38(32-11-2-8-29(20-32)35-14-5-17-41-26-35)24-39(23-37)33-12-3-9-30(21-33)36-15-6-18-42-27-36;1-4-13-28(14-5-1)31-19-10-22-34(25-31)37-40-38(35-23-11-20-32(26-35)29-15-6-2-7-16-29)42-39(41-37)36-24-12-21-33(27-36)30-17-8-3-9-18-30;37-40(29-17-5-1-6-18-29,30-19-7-2-8-20-30)35-27-15-13-25-33(35)39-34-26-14-16-28-36(34)41(38,31-21-9-3-10-22-31)32-23-11-4-12-24-32/h2*1-27H;1-28H. The Kier molecular flexibility index (Phi) is 24.3. The van der Waals surface area contributed by atoms with Crippen molar-refractivity contribution >= 4 is 46.1 Å². The van der Waals surface area contributed by atoms with Crippen LogP contribution in [-0.4, -0.2) is 29.9 Å². The second-order valence-electron chi connectivity index (χ2n) is 30.0. The Morgan fingerprint density at radius 3 is 0.616 bits per heavy atom. The van der Waals surface area contributed by atoms with Crippen LogP contribution in [0, 0.1) is 0 Å². The summed E-state index contributed by atoms with van der Waals surface area (Å²) in [4.78, 5) is 28.1. The van der Waals surface area contributed by atoms with Gasteiger partial charge >= 0.3 is 0 Å². The molecule has 0 saturated heterocycles. The van der Waals surface area contributed by atoms with Gasteiger partial charge < -0.3 is 13.9 Å². The monoisotopic (exact) mass is 1640 g/mol. The summed E-state index contributed by atoms with van der Waals surface area (Å²) in [5.74, 6) is 2.85. The van der Waals surface area contributed by atoms with E-state index in [0.29, 0.717) is 39.6 Å². The van der Waals surface area contributed by atoms with Crippen molar-refractivity contribution in [3.63, 3.8) is 0 Å². The van der Waals surface area contributed by atoms with Crippen LogP contribution in [0.1, 0.15) is 0 Å². The Bertz CT molecular complexity index is 6170. The van der Waals surface area contributed by atoms with Gasteiger partial charge in [0.25, 0.3) is 0 Å². The Hall–Kier alpha value is -15.8. The lowest BCUT2D eigenvalue weighted by molar-refractivity contribution is 0.489. The predicted molar refractivity (Wildman–Crippen MR) is 517 cm³/mol. The number of ether oxygens (including phenoxy) is 1. The fourth-order valence-electron chi connectivity index (χ4n) is 15.7. The minimum Gasteiger partial charge on any atom is -0.456 e. The third kappa shape index (κ3) is 18.3. The molecular weight excluding hydrogens is 1560 g/mol. The average molecular weight is 1650 g/mol. The molecule has 4 heterocycles. The van der Waals surface area contributed by atoms with Crippen molar-refractivity contribution in [3.05, 3.63) is 498 Å². The zero-order valence-corrected chi connectivity index (χ0v) is 69.9. The van der Waals surface area contributed by atoms with Crippen LogP contribution in [0.5, 0.6) is 11.5 Å². The van der Waals surface area contributed by atoms with Crippen molar-refractivity contribution in [2.24, 2.45) is 0 Å². The van der Waals surface area contributed by atoms with E-state index in [1.54, 1.807) is 0 Å². The second-order valence-corrected chi connectivity index (χ2v) is 35.5. The first-order valence-electron chi connectivity index (χ1n) is 41.4. The maximum atomic E-state index is 15.2. The molecule has 4 aromatic heterocycles. The number of para-hydroxylation sites is 2. The van der Waals surface area contributed by atoms with Crippen molar-refractivity contribution in [2.45, 2.75) is 0 Å². The zero-order valence-electron chi connectivity index (χ0n) is 68.1. The number of hydrogen-bond donors (Lipinski definition) is 0. The van der Waals surface area contributed by atoms with Crippen molar-refractivity contribution in [2.75, 3.05) is 0 Å². The summed E-state index contributed by atoms with van der Waals surface area (Å²) >= 11 is 0. The van der Waals surface area contributed by atoms with Crippen molar-refractivity contribution in [3.8, 4) is 146 Å². The van der Waals surface area contributed by atoms with Crippen LogP contribution in [-0.2, 0) is 9.13 Å². The Balaban J connectivity index is 0.000000127. The average Bonchev–Trinajstić information content (AvgIpc) is 0.749. The molecule has 0 bridgehead atoms. The van der Waals surface area contributed by atoms with Crippen LogP contribution in [0.2, 0.25) is 0 Å². The molecule has 596 valence electrons. The molecule has 125 heavy (non-hydrogen) atoms. The normalized spacial score (nSPS) is 11.1. The van der Waals surface area contributed by atoms with E-state index in [-0.39, 0.29) is 0 Å². The first-order valence-corrected chi connectivity index (χ1v) is 44.8. The van der Waals surface area contributed by atoms with Crippen LogP contribution >= 0.6 is 14.3 Å². The molecule has 0 fully saturated rings. The Labute approximate surface area is 729 Å². The van der Waals surface area contributed by atoms with Crippen LogP contribution in [0.4, 0.5) is 0 Å². The van der Waals surface area contributed by atoms with Gasteiger partial charge in [-0.1, -0.05) is 364 Å². The van der Waals surface area contributed by atoms with E-state index in [9.17, 15) is 0 Å². The number of benzene rings is 16. The number of rotatable bonds is 20. The smallest absolute Gasteiger partial charge is 0.174 e. The van der Waals surface area contributed by atoms with Crippen molar-refractivity contribution in [1.82, 2.24) is 29.9 Å². The van der Waals surface area contributed by atoms with Gasteiger partial charge in [-0.2, -0.15) is 0 Å². The van der Waals surface area contributed by atoms with Gasteiger partial charge in [0, 0.05) is 91.8 Å². The predicted octanol–water partition coefficient (Wildman–Crippen LogP) is 26.5. The highest BCUT2D eigenvalue weighted by Gasteiger charge is 2.36. The lowest BCUT2D eigenvalue weighted by Gasteiger charge is -2.25. The molecule has 0 aliphatic carbocycles. The van der Waals surface area contributed by atoms with Gasteiger partial charge in [0.2, 0.25) is 0 Å². The maximum Gasteiger partial charge on any atom is 0.174 e. The van der Waals surface area contributed by atoms with E-state index in [0.717, 1.165) is 138 Å². The van der Waals surface area contributed by atoms with Crippen LogP contribution in [0.3, 0.4) is 0 Å². The first kappa shape index (κ1) is 80.3. The fourth-order valence-corrected chi connectivity index (χ4v) is 21.2. The van der Waals surface area contributed by atoms with Gasteiger partial charge in [-0.05, 0) is 181 Å². The van der Waals surface area contributed by atoms with Gasteiger partial charge in [-0.3, -0.25) is 15.0 Å². The molecule has 0 spiro atoms. The quantitative estimate of drug-likeness (QED) is 0.0687. The molecule has 0 aliphatic rings. The molecule has 0 unspecified atom stereocenters. The maximum absolute atomic E-state index is 15.2. The summed E-state index contributed by atoms with van der Waals surface area (Å²) in [5.41, 5.74) is 23.3. The molecule has 20 aromatic rings. The van der Waals surface area contributed by atoms with Gasteiger partial charge in [-0.15, -0.1) is 0 Å². The molecule has 9 nitrogen and oxygen atoms in total. The highest BCUT2D eigenvalue weighted by molar-refractivity contribution is 7.86. The lowest BCUT2D eigenvalue weighted by atomic mass is 9.91. The number of nitrogens with zero attached hydrogens (tertiary/aromatic N) is 6. The molecular formula is C114H82N6O3P2. The van der Waals surface area contributed by atoms with Gasteiger partial charge in [0.1, 0.15) is 11.5 Å². The molecule has 0 atom stereocenters. The van der Waals surface area contributed by atoms with E-state index >= 15 is 9.13 Å². The van der Waals surface area contributed by atoms with E-state index in [2.05, 4.69) is 270 Å². The third-order valence-electron chi connectivity index (χ3n) is 21.9. The summed E-state index contributed by atoms with van der Waals surface area (Å²) in [6.45, 7) is 0. The third-order valence-corrected chi connectivity index (χ3v) is 28.1. The number of hydrogen-bond acceptors (Lipinski definition) is 9. The van der Waals surface area contributed by atoms with Crippen molar-refractivity contribution < 1.29 is 13.9 Å². The SMILES string of the molecule is O=P(c1ccccc1)(c1ccccc1)c1ccccc1Oc1ccccc1P(=O)(c1ccccc1)c1ccccc1.c1ccc(-c2cccc(-c3nc(-c4cccc(-c5ccccc5)c4)nc(-c4cccc(-c5ccccc5)c4)n3)c2)cc1.c1cncc(-c2cccc(-c3cc(-c4cccc(-c5cccnc5)c4)cc(-c4cccc(-c5cccnc5)c4)c3)c2)c1. The molecule has 16 aromatic carbocycles. The molecule has 0 N–H and O–H groups in total. The summed E-state index contributed by atoms with van der Waals surface area (Å²) in [7, 11) is -6.63. The fraction of sp³-hybridized carbons (Fsp3) is 0. The van der Waals surface area contributed by atoms with Crippen LogP contribution < -0.4 is 36.6 Å². The summed E-state index contributed by atoms with van der Waals surface area (Å²) in [5, 5.41) is 4.04. The second kappa shape index (κ2) is 37.9. The Morgan fingerprint density at radius 1 is 0.168 bits per heavy atom.